The molecule has 0 spiro atoms. The summed E-state index contributed by atoms with van der Waals surface area (Å²) in [5.74, 6) is 1.13. The lowest BCUT2D eigenvalue weighted by atomic mass is 10.1. The van der Waals surface area contributed by atoms with Crippen LogP contribution in [0.5, 0.6) is 11.6 Å². The van der Waals surface area contributed by atoms with Crippen molar-refractivity contribution in [3.8, 4) is 22.9 Å². The Hall–Kier alpha value is -2.95. The van der Waals surface area contributed by atoms with Crippen LogP contribution in [0.4, 0.5) is 5.95 Å². The van der Waals surface area contributed by atoms with Crippen LogP contribution in [0.2, 0.25) is 0 Å². The average molecular weight is 278 g/mol. The van der Waals surface area contributed by atoms with Gasteiger partial charge in [-0.15, -0.1) is 10.2 Å². The van der Waals surface area contributed by atoms with E-state index >= 15 is 0 Å². The van der Waals surface area contributed by atoms with Gasteiger partial charge in [0, 0.05) is 5.56 Å². The molecule has 5 nitrogen and oxygen atoms in total. The first-order chi connectivity index (χ1) is 10.2. The highest BCUT2D eigenvalue weighted by atomic mass is 16.5. The maximum Gasteiger partial charge on any atom is 0.265 e. The summed E-state index contributed by atoms with van der Waals surface area (Å²) in [6.07, 6.45) is 0. The van der Waals surface area contributed by atoms with Gasteiger partial charge in [-0.1, -0.05) is 48.0 Å². The van der Waals surface area contributed by atoms with Crippen LogP contribution in [0, 0.1) is 6.92 Å². The van der Waals surface area contributed by atoms with Crippen LogP contribution in [0.25, 0.3) is 11.3 Å². The Morgan fingerprint density at radius 2 is 1.62 bits per heavy atom. The summed E-state index contributed by atoms with van der Waals surface area (Å²) < 4.78 is 5.78. The number of benzene rings is 2. The molecule has 3 aromatic rings. The van der Waals surface area contributed by atoms with E-state index in [0.29, 0.717) is 17.3 Å². The predicted octanol–water partition coefficient (Wildman–Crippen LogP) is 3.22. The maximum atomic E-state index is 5.78. The molecule has 0 saturated carbocycles. The van der Waals surface area contributed by atoms with Crippen LogP contribution >= 0.6 is 0 Å². The zero-order valence-corrected chi connectivity index (χ0v) is 11.5. The number of nitrogens with zero attached hydrogens (tertiary/aromatic N) is 3. The van der Waals surface area contributed by atoms with E-state index in [-0.39, 0.29) is 5.95 Å². The third-order valence-electron chi connectivity index (χ3n) is 2.95. The van der Waals surface area contributed by atoms with Crippen molar-refractivity contribution >= 4 is 5.95 Å². The number of aryl methyl sites for hydroxylation is 1. The third-order valence-corrected chi connectivity index (χ3v) is 2.95. The van der Waals surface area contributed by atoms with Gasteiger partial charge in [0.1, 0.15) is 11.4 Å². The lowest BCUT2D eigenvalue weighted by Gasteiger charge is -2.09. The molecule has 2 N–H and O–H groups in total. The van der Waals surface area contributed by atoms with Gasteiger partial charge in [0.05, 0.1) is 0 Å². The number of rotatable bonds is 3. The lowest BCUT2D eigenvalue weighted by molar-refractivity contribution is 0.454. The maximum absolute atomic E-state index is 5.78. The monoisotopic (exact) mass is 278 g/mol. The summed E-state index contributed by atoms with van der Waals surface area (Å²) >= 11 is 0. The molecule has 0 aliphatic carbocycles. The summed E-state index contributed by atoms with van der Waals surface area (Å²) in [5.41, 5.74) is 8.25. The Morgan fingerprint density at radius 3 is 2.33 bits per heavy atom. The van der Waals surface area contributed by atoms with Gasteiger partial charge in [-0.25, -0.2) is 4.98 Å². The lowest BCUT2D eigenvalue weighted by Crippen LogP contribution is -2.02. The van der Waals surface area contributed by atoms with Crippen molar-refractivity contribution in [1.82, 2.24) is 15.2 Å². The second-order valence-electron chi connectivity index (χ2n) is 4.60. The van der Waals surface area contributed by atoms with Crippen LogP contribution in [0.1, 0.15) is 5.56 Å². The molecular weight excluding hydrogens is 264 g/mol. The predicted molar refractivity (Wildman–Crippen MR) is 80.9 cm³/mol. The SMILES string of the molecule is Cc1ccc(Oc2nnc(N)nc2-c2ccccc2)cc1. The molecule has 0 aliphatic rings. The van der Waals surface area contributed by atoms with Gasteiger partial charge in [-0.05, 0) is 19.1 Å². The summed E-state index contributed by atoms with van der Waals surface area (Å²) in [6, 6.07) is 17.3. The van der Waals surface area contributed by atoms with Gasteiger partial charge in [-0.2, -0.15) is 0 Å². The molecule has 0 aliphatic heterocycles. The summed E-state index contributed by atoms with van der Waals surface area (Å²) in [4.78, 5) is 4.24. The zero-order chi connectivity index (χ0) is 14.7. The highest BCUT2D eigenvalue weighted by Crippen LogP contribution is 2.29. The largest absolute Gasteiger partial charge is 0.436 e. The third kappa shape index (κ3) is 2.97. The molecule has 0 saturated heterocycles. The Morgan fingerprint density at radius 1 is 0.905 bits per heavy atom. The minimum absolute atomic E-state index is 0.116. The Balaban J connectivity index is 2.00. The molecule has 0 radical (unpaired) electrons. The van der Waals surface area contributed by atoms with Crippen LogP contribution in [0.15, 0.2) is 54.6 Å². The van der Waals surface area contributed by atoms with Gasteiger partial charge in [-0.3, -0.25) is 0 Å². The topological polar surface area (TPSA) is 73.9 Å². The first-order valence-electron chi connectivity index (χ1n) is 6.52. The minimum atomic E-state index is 0.116. The van der Waals surface area contributed by atoms with E-state index in [4.69, 9.17) is 10.5 Å². The fourth-order valence-electron chi connectivity index (χ4n) is 1.90. The number of aromatic nitrogens is 3. The van der Waals surface area contributed by atoms with Crippen molar-refractivity contribution in [3.05, 3.63) is 60.2 Å². The smallest absolute Gasteiger partial charge is 0.265 e. The molecule has 1 aromatic heterocycles. The van der Waals surface area contributed by atoms with Crippen LogP contribution in [-0.4, -0.2) is 15.2 Å². The van der Waals surface area contributed by atoms with Gasteiger partial charge in [0.2, 0.25) is 5.95 Å². The standard InChI is InChI=1S/C16H14N4O/c1-11-7-9-13(10-8-11)21-15-14(18-16(17)20-19-15)12-5-3-2-4-6-12/h2-10H,1H3,(H2,17,18,20). The average Bonchev–Trinajstić information content (AvgIpc) is 2.52. The van der Waals surface area contributed by atoms with Crippen molar-refractivity contribution in [2.24, 2.45) is 0 Å². The molecule has 21 heavy (non-hydrogen) atoms. The van der Waals surface area contributed by atoms with Crippen LogP contribution in [0.3, 0.4) is 0 Å². The van der Waals surface area contributed by atoms with E-state index in [9.17, 15) is 0 Å². The molecule has 0 atom stereocenters. The van der Waals surface area contributed by atoms with Gasteiger partial charge in [0.15, 0.2) is 0 Å². The molecule has 0 amide bonds. The van der Waals surface area contributed by atoms with Crippen molar-refractivity contribution in [1.29, 1.82) is 0 Å². The fourth-order valence-corrected chi connectivity index (χ4v) is 1.90. The molecular formula is C16H14N4O. The summed E-state index contributed by atoms with van der Waals surface area (Å²) in [6.45, 7) is 2.02. The quantitative estimate of drug-likeness (QED) is 0.796. The second kappa shape index (κ2) is 5.58. The molecule has 5 heteroatoms. The molecule has 104 valence electrons. The van der Waals surface area contributed by atoms with E-state index in [2.05, 4.69) is 15.2 Å². The number of nitrogen functional groups attached to an aromatic ring is 1. The minimum Gasteiger partial charge on any atom is -0.436 e. The highest BCUT2D eigenvalue weighted by molar-refractivity contribution is 5.65. The van der Waals surface area contributed by atoms with Crippen molar-refractivity contribution in [3.63, 3.8) is 0 Å². The number of ether oxygens (including phenoxy) is 1. The molecule has 0 fully saturated rings. The van der Waals surface area contributed by atoms with E-state index in [1.807, 2.05) is 61.5 Å². The number of hydrogen-bond donors (Lipinski definition) is 1. The van der Waals surface area contributed by atoms with Gasteiger partial charge >= 0.3 is 0 Å². The van der Waals surface area contributed by atoms with Gasteiger partial charge < -0.3 is 10.5 Å². The van der Waals surface area contributed by atoms with Crippen molar-refractivity contribution < 1.29 is 4.74 Å². The normalized spacial score (nSPS) is 10.3. The first-order valence-corrected chi connectivity index (χ1v) is 6.52. The zero-order valence-electron chi connectivity index (χ0n) is 11.5. The Bertz CT molecular complexity index is 742. The molecule has 1 heterocycles. The first kappa shape index (κ1) is 13.1. The fraction of sp³-hybridized carbons (Fsp3) is 0.0625. The van der Waals surface area contributed by atoms with E-state index in [1.165, 1.54) is 0 Å². The van der Waals surface area contributed by atoms with E-state index in [1.54, 1.807) is 0 Å². The number of nitrogens with two attached hydrogens (primary N) is 1. The van der Waals surface area contributed by atoms with Gasteiger partial charge in [0.25, 0.3) is 5.88 Å². The molecule has 0 unspecified atom stereocenters. The highest BCUT2D eigenvalue weighted by Gasteiger charge is 2.12. The number of hydrogen-bond acceptors (Lipinski definition) is 5. The molecule has 2 aromatic carbocycles. The Kier molecular flexibility index (Phi) is 3.47. The summed E-state index contributed by atoms with van der Waals surface area (Å²) in [5, 5.41) is 7.78. The second-order valence-corrected chi connectivity index (χ2v) is 4.60. The molecule has 3 rings (SSSR count). The van der Waals surface area contributed by atoms with E-state index < -0.39 is 0 Å². The van der Waals surface area contributed by atoms with E-state index in [0.717, 1.165) is 11.1 Å². The van der Waals surface area contributed by atoms with Crippen LogP contribution in [-0.2, 0) is 0 Å². The number of anilines is 1. The Labute approximate surface area is 122 Å². The van der Waals surface area contributed by atoms with Crippen molar-refractivity contribution in [2.75, 3.05) is 5.73 Å². The summed E-state index contributed by atoms with van der Waals surface area (Å²) in [7, 11) is 0. The van der Waals surface area contributed by atoms with Crippen LogP contribution < -0.4 is 10.5 Å². The van der Waals surface area contributed by atoms with Crippen molar-refractivity contribution in [2.45, 2.75) is 6.92 Å². The molecule has 0 bridgehead atoms.